The van der Waals surface area contributed by atoms with E-state index in [1.165, 1.54) is 6.07 Å². The van der Waals surface area contributed by atoms with Gasteiger partial charge in [-0.05, 0) is 19.1 Å². The van der Waals surface area contributed by atoms with Gasteiger partial charge in [0.2, 0.25) is 5.78 Å². The Kier molecular flexibility index (Phi) is 2.51. The molecular weight excluding hydrogens is 216 g/mol. The second kappa shape index (κ2) is 3.57. The van der Waals surface area contributed by atoms with Gasteiger partial charge in [0.25, 0.3) is 0 Å². The van der Waals surface area contributed by atoms with Crippen LogP contribution in [0.1, 0.15) is 16.1 Å². The lowest BCUT2D eigenvalue weighted by Crippen LogP contribution is -2.45. The minimum atomic E-state index is -1.06. The van der Waals surface area contributed by atoms with Crippen molar-refractivity contribution in [1.82, 2.24) is 10.4 Å². The summed E-state index contributed by atoms with van der Waals surface area (Å²) in [6.45, 7) is 1.76. The van der Waals surface area contributed by atoms with Crippen molar-refractivity contribution in [3.63, 3.8) is 0 Å². The smallest absolute Gasteiger partial charge is 0.338 e. The van der Waals surface area contributed by atoms with E-state index >= 15 is 0 Å². The number of rotatable bonds is 3. The third-order valence-electron chi connectivity index (χ3n) is 2.22. The molecule has 0 amide bonds. The van der Waals surface area contributed by atoms with Crippen molar-refractivity contribution in [3.05, 3.63) is 28.5 Å². The summed E-state index contributed by atoms with van der Waals surface area (Å²) in [6.07, 6.45) is 0. The summed E-state index contributed by atoms with van der Waals surface area (Å²) in [7, 11) is 0.279. The molecule has 1 atom stereocenters. The van der Waals surface area contributed by atoms with E-state index in [1.54, 1.807) is 13.0 Å². The molecule has 1 aromatic heterocycles. The molecule has 0 radical (unpaired) electrons. The summed E-state index contributed by atoms with van der Waals surface area (Å²) >= 11 is 5.75. The van der Waals surface area contributed by atoms with E-state index in [2.05, 4.69) is 10.4 Å². The highest BCUT2D eigenvalue weighted by atomic mass is 35.5. The number of nitrogens with zero attached hydrogens (tertiary/aromatic N) is 1. The van der Waals surface area contributed by atoms with Gasteiger partial charge < -0.3 is 4.65 Å². The molecule has 1 fully saturated rings. The monoisotopic (exact) mass is 225 g/mol. The molecule has 2 heterocycles. The summed E-state index contributed by atoms with van der Waals surface area (Å²) in [5.74, 6) is 5.01. The molecule has 0 bridgehead atoms. The molecule has 5 nitrogen and oxygen atoms in total. The lowest BCUT2D eigenvalue weighted by molar-refractivity contribution is 0.0836. The zero-order valence-electron chi connectivity index (χ0n) is 8.08. The maximum atomic E-state index is 11.9. The van der Waals surface area contributed by atoms with Gasteiger partial charge in [-0.15, -0.1) is 0 Å². The Bertz CT molecular complexity index is 402. The Hall–Kier alpha value is -0.945. The first kappa shape index (κ1) is 10.6. The molecule has 0 aliphatic carbocycles. The predicted molar refractivity (Wildman–Crippen MR) is 56.6 cm³/mol. The van der Waals surface area contributed by atoms with Crippen molar-refractivity contribution in [1.29, 1.82) is 0 Å². The number of nitrogens with two attached hydrogens (primary N) is 1. The zero-order chi connectivity index (χ0) is 11.1. The predicted octanol–water partition coefficient (Wildman–Crippen LogP) is -0.275. The van der Waals surface area contributed by atoms with E-state index in [9.17, 15) is 4.79 Å². The highest BCUT2D eigenvalue weighted by molar-refractivity contribution is 6.52. The van der Waals surface area contributed by atoms with Crippen molar-refractivity contribution in [3.8, 4) is 0 Å². The van der Waals surface area contributed by atoms with Crippen molar-refractivity contribution in [2.24, 2.45) is 5.84 Å². The largest absolute Gasteiger partial charge is 0.414 e. The topological polar surface area (TPSA) is 80.5 Å². The van der Waals surface area contributed by atoms with Crippen molar-refractivity contribution in [2.45, 2.75) is 12.5 Å². The maximum absolute atomic E-state index is 11.9. The average Bonchev–Trinajstić information content (AvgIpc) is 2.95. The summed E-state index contributed by atoms with van der Waals surface area (Å²) in [4.78, 5) is 15.9. The number of hydrazine groups is 1. The van der Waals surface area contributed by atoms with E-state index in [0.29, 0.717) is 11.3 Å². The molecule has 2 rings (SSSR count). The molecule has 3 N–H and O–H groups in total. The van der Waals surface area contributed by atoms with Crippen LogP contribution in [0.5, 0.6) is 0 Å². The van der Waals surface area contributed by atoms with Crippen LogP contribution < -0.4 is 11.3 Å². The first-order valence-corrected chi connectivity index (χ1v) is 4.76. The zero-order valence-corrected chi connectivity index (χ0v) is 8.84. The van der Waals surface area contributed by atoms with Crippen molar-refractivity contribution in [2.75, 3.05) is 0 Å². The summed E-state index contributed by atoms with van der Waals surface area (Å²) in [5, 5.41) is 0.283. The van der Waals surface area contributed by atoms with E-state index in [4.69, 9.17) is 22.1 Å². The minimum absolute atomic E-state index is 0.225. The molecule has 0 saturated carbocycles. The Morgan fingerprint density at radius 3 is 2.87 bits per heavy atom. The van der Waals surface area contributed by atoms with E-state index < -0.39 is 5.62 Å². The number of halogens is 1. The molecule has 1 aliphatic heterocycles. The first-order valence-electron chi connectivity index (χ1n) is 4.38. The maximum Gasteiger partial charge on any atom is 0.338 e. The van der Waals surface area contributed by atoms with Gasteiger partial charge in [-0.25, -0.2) is 10.4 Å². The highest BCUT2D eigenvalue weighted by Crippen LogP contribution is 2.25. The molecule has 1 saturated heterocycles. The fraction of sp³-hybridized carbons (Fsp3) is 0.250. The number of hydrogen-bond donors (Lipinski definition) is 2. The Morgan fingerprint density at radius 1 is 1.73 bits per heavy atom. The van der Waals surface area contributed by atoms with Crippen molar-refractivity contribution < 1.29 is 9.45 Å². The summed E-state index contributed by atoms with van der Waals surface area (Å²) in [5.41, 5.74) is 2.42. The molecule has 78 valence electrons. The van der Waals surface area contributed by atoms with Crippen LogP contribution in [0.25, 0.3) is 0 Å². The fourth-order valence-corrected chi connectivity index (χ4v) is 1.60. The van der Waals surface area contributed by atoms with E-state index in [-0.39, 0.29) is 18.4 Å². The Balaban J connectivity index is 2.34. The number of Topliss-reactive ketones (excluding diaryl/α,β-unsaturated/α-hetero) is 1. The van der Waals surface area contributed by atoms with Gasteiger partial charge in [0.05, 0.1) is 0 Å². The van der Waals surface area contributed by atoms with Gasteiger partial charge in [0, 0.05) is 11.3 Å². The number of hydrogen-bond acceptors (Lipinski definition) is 5. The van der Waals surface area contributed by atoms with Gasteiger partial charge in [-0.1, -0.05) is 11.6 Å². The lowest BCUT2D eigenvalue weighted by atomic mass is 9.89. The van der Waals surface area contributed by atoms with Crippen LogP contribution in [0.2, 0.25) is 5.15 Å². The molecule has 1 unspecified atom stereocenters. The molecular formula is C8H9BClN3O2. The lowest BCUT2D eigenvalue weighted by Gasteiger charge is -2.10. The van der Waals surface area contributed by atoms with Crippen LogP contribution in [0, 0.1) is 6.92 Å². The van der Waals surface area contributed by atoms with E-state index in [1.807, 2.05) is 0 Å². The second-order valence-electron chi connectivity index (χ2n) is 3.41. The van der Waals surface area contributed by atoms with Crippen LogP contribution in [-0.2, 0) is 4.65 Å². The third-order valence-corrected chi connectivity index (χ3v) is 2.41. The van der Waals surface area contributed by atoms with Crippen LogP contribution >= 0.6 is 11.6 Å². The molecule has 1 aliphatic rings. The number of ketones is 1. The molecule has 0 spiro atoms. The standard InChI is InChI=1S/C8H9BClN3O2/c1-4-2-5(3-6(10)12-4)7(14)8(13-11)9-15-8/h2-3,9,13H,11H2,1H3. The normalized spacial score (nSPS) is 23.4. The van der Waals surface area contributed by atoms with Crippen LogP contribution in [0.15, 0.2) is 12.1 Å². The van der Waals surface area contributed by atoms with Crippen LogP contribution in [0.4, 0.5) is 0 Å². The van der Waals surface area contributed by atoms with Gasteiger partial charge in [-0.2, -0.15) is 0 Å². The third kappa shape index (κ3) is 1.89. The number of aromatic nitrogens is 1. The highest BCUT2D eigenvalue weighted by Gasteiger charge is 2.53. The fourth-order valence-electron chi connectivity index (χ4n) is 1.34. The van der Waals surface area contributed by atoms with Crippen LogP contribution in [-0.4, -0.2) is 23.9 Å². The van der Waals surface area contributed by atoms with Gasteiger partial charge in [-0.3, -0.25) is 10.6 Å². The first-order chi connectivity index (χ1) is 7.07. The van der Waals surface area contributed by atoms with Crippen LogP contribution in [0.3, 0.4) is 0 Å². The number of nitrogens with one attached hydrogen (secondary N) is 1. The van der Waals surface area contributed by atoms with Gasteiger partial charge in [0.1, 0.15) is 5.15 Å². The number of carbonyl (C=O) groups is 1. The van der Waals surface area contributed by atoms with E-state index in [0.717, 1.165) is 0 Å². The number of carbonyl (C=O) groups excluding carboxylic acids is 1. The number of aryl methyl sites for hydroxylation is 1. The SMILES string of the molecule is Cc1cc(C(=O)C2(NN)BO2)cc(Cl)n1. The summed E-state index contributed by atoms with van der Waals surface area (Å²) in [6, 6.07) is 3.15. The van der Waals surface area contributed by atoms with Crippen molar-refractivity contribution >= 4 is 24.9 Å². The molecule has 1 aromatic rings. The molecule has 15 heavy (non-hydrogen) atoms. The Morgan fingerprint density at radius 2 is 2.40 bits per heavy atom. The number of pyridine rings is 1. The van der Waals surface area contributed by atoms with Gasteiger partial charge in [0.15, 0.2) is 5.62 Å². The second-order valence-corrected chi connectivity index (χ2v) is 3.80. The minimum Gasteiger partial charge on any atom is -0.414 e. The molecule has 7 heteroatoms. The summed E-state index contributed by atoms with van der Waals surface area (Å²) < 4.78 is 4.99. The quantitative estimate of drug-likeness (QED) is 0.185. The average molecular weight is 225 g/mol. The van der Waals surface area contributed by atoms with Gasteiger partial charge >= 0.3 is 7.48 Å². The Labute approximate surface area is 92.2 Å². The molecule has 0 aromatic carbocycles.